The number of fused-ring (bicyclic) bond motifs is 1. The molecular weight excluding hydrogens is 262 g/mol. The molecule has 1 fully saturated rings. The normalized spacial score (nSPS) is 20.8. The molecule has 1 aliphatic heterocycles. The first-order valence-corrected chi connectivity index (χ1v) is 8.34. The van der Waals surface area contributed by atoms with Crippen LogP contribution in [0, 0.1) is 5.41 Å². The highest BCUT2D eigenvalue weighted by Gasteiger charge is 2.26. The summed E-state index contributed by atoms with van der Waals surface area (Å²) in [5.41, 5.74) is 1.77. The minimum Gasteiger partial charge on any atom is -0.490 e. The third-order valence-electron chi connectivity index (χ3n) is 4.75. The summed E-state index contributed by atoms with van der Waals surface area (Å²) in [6.07, 6.45) is 7.88. The van der Waals surface area contributed by atoms with Crippen LogP contribution in [0.1, 0.15) is 51.0 Å². The highest BCUT2D eigenvalue weighted by Crippen LogP contribution is 2.35. The van der Waals surface area contributed by atoms with Gasteiger partial charge in [-0.25, -0.2) is 0 Å². The average Bonchev–Trinajstić information content (AvgIpc) is 2.72. The van der Waals surface area contributed by atoms with Gasteiger partial charge in [0, 0.05) is 19.5 Å². The van der Waals surface area contributed by atoms with Crippen molar-refractivity contribution in [3.05, 3.63) is 23.8 Å². The van der Waals surface area contributed by atoms with Gasteiger partial charge in [0.25, 0.3) is 0 Å². The summed E-state index contributed by atoms with van der Waals surface area (Å²) in [7, 11) is 0. The van der Waals surface area contributed by atoms with Crippen LogP contribution in [0.25, 0.3) is 0 Å². The lowest BCUT2D eigenvalue weighted by Gasteiger charge is -2.33. The van der Waals surface area contributed by atoms with Gasteiger partial charge < -0.3 is 14.8 Å². The van der Waals surface area contributed by atoms with Crippen molar-refractivity contribution in [2.24, 2.45) is 5.41 Å². The highest BCUT2D eigenvalue weighted by molar-refractivity contribution is 5.43. The van der Waals surface area contributed by atoms with E-state index in [1.54, 1.807) is 0 Å². The molecule has 3 nitrogen and oxygen atoms in total. The Balaban J connectivity index is 1.54. The van der Waals surface area contributed by atoms with Gasteiger partial charge in [-0.3, -0.25) is 0 Å². The minimum absolute atomic E-state index is 0.490. The van der Waals surface area contributed by atoms with E-state index in [4.69, 9.17) is 9.47 Å². The summed E-state index contributed by atoms with van der Waals surface area (Å²) in [6.45, 7) is 5.95. The number of rotatable bonds is 4. The molecule has 1 aliphatic carbocycles. The molecule has 0 atom stereocenters. The van der Waals surface area contributed by atoms with Crippen molar-refractivity contribution in [1.29, 1.82) is 0 Å². The van der Waals surface area contributed by atoms with Gasteiger partial charge in [-0.2, -0.15) is 0 Å². The molecule has 1 saturated carbocycles. The Morgan fingerprint density at radius 3 is 2.57 bits per heavy atom. The zero-order valence-corrected chi connectivity index (χ0v) is 13.1. The lowest BCUT2D eigenvalue weighted by molar-refractivity contribution is 0.207. The first-order valence-electron chi connectivity index (χ1n) is 8.34. The molecule has 1 aromatic rings. The molecule has 116 valence electrons. The first-order chi connectivity index (χ1) is 10.3. The third-order valence-corrected chi connectivity index (χ3v) is 4.75. The predicted molar refractivity (Wildman–Crippen MR) is 84.9 cm³/mol. The molecule has 1 N–H and O–H groups in total. The van der Waals surface area contributed by atoms with Crippen LogP contribution in [0.3, 0.4) is 0 Å². The van der Waals surface area contributed by atoms with Crippen LogP contribution in [0.15, 0.2) is 18.2 Å². The number of hydrogen-bond acceptors (Lipinski definition) is 3. The quantitative estimate of drug-likeness (QED) is 0.911. The summed E-state index contributed by atoms with van der Waals surface area (Å²) in [4.78, 5) is 0. The van der Waals surface area contributed by atoms with E-state index in [0.29, 0.717) is 5.41 Å². The van der Waals surface area contributed by atoms with Gasteiger partial charge in [0.05, 0.1) is 13.2 Å². The van der Waals surface area contributed by atoms with E-state index in [-0.39, 0.29) is 0 Å². The molecule has 0 bridgehead atoms. The third kappa shape index (κ3) is 3.91. The Morgan fingerprint density at radius 2 is 1.76 bits per heavy atom. The van der Waals surface area contributed by atoms with Gasteiger partial charge in [-0.05, 0) is 36.0 Å². The zero-order valence-electron chi connectivity index (χ0n) is 13.1. The molecule has 0 saturated heterocycles. The zero-order chi connectivity index (χ0) is 14.5. The summed E-state index contributed by atoms with van der Waals surface area (Å²) in [5.74, 6) is 1.78. The Bertz CT molecular complexity index is 466. The summed E-state index contributed by atoms with van der Waals surface area (Å²) in [5, 5.41) is 3.64. The van der Waals surface area contributed by atoms with Crippen molar-refractivity contribution < 1.29 is 9.47 Å². The summed E-state index contributed by atoms with van der Waals surface area (Å²) < 4.78 is 11.4. The van der Waals surface area contributed by atoms with Crippen LogP contribution in [0.4, 0.5) is 0 Å². The molecule has 0 radical (unpaired) electrons. The largest absolute Gasteiger partial charge is 0.490 e. The second kappa shape index (κ2) is 6.69. The van der Waals surface area contributed by atoms with E-state index in [2.05, 4.69) is 24.4 Å². The van der Waals surface area contributed by atoms with Gasteiger partial charge >= 0.3 is 0 Å². The molecular formula is C18H27NO2. The lowest BCUT2D eigenvalue weighted by Crippen LogP contribution is -2.33. The van der Waals surface area contributed by atoms with E-state index in [9.17, 15) is 0 Å². The Hall–Kier alpha value is -1.22. The van der Waals surface area contributed by atoms with Crippen molar-refractivity contribution >= 4 is 0 Å². The van der Waals surface area contributed by atoms with Crippen LogP contribution < -0.4 is 14.8 Å². The SMILES string of the molecule is CC1(CNCc2ccc3c(c2)OCCCO3)CCCCC1. The second-order valence-corrected chi connectivity index (χ2v) is 6.81. The van der Waals surface area contributed by atoms with E-state index in [1.165, 1.54) is 37.7 Å². The molecule has 21 heavy (non-hydrogen) atoms. The highest BCUT2D eigenvalue weighted by atomic mass is 16.5. The molecule has 3 heteroatoms. The van der Waals surface area contributed by atoms with Gasteiger partial charge in [-0.15, -0.1) is 0 Å². The number of benzene rings is 1. The number of ether oxygens (including phenoxy) is 2. The Morgan fingerprint density at radius 1 is 1.00 bits per heavy atom. The molecule has 2 aliphatic rings. The summed E-state index contributed by atoms with van der Waals surface area (Å²) in [6, 6.07) is 6.31. The maximum Gasteiger partial charge on any atom is 0.161 e. The standard InChI is InChI=1S/C18H27NO2/c1-18(8-3-2-4-9-18)14-19-13-15-6-7-16-17(12-15)21-11-5-10-20-16/h6-7,12,19H,2-5,8-11,13-14H2,1H3. The fraction of sp³-hybridized carbons (Fsp3) is 0.667. The van der Waals surface area contributed by atoms with E-state index in [1.807, 2.05) is 6.07 Å². The van der Waals surface area contributed by atoms with Crippen LogP contribution >= 0.6 is 0 Å². The smallest absolute Gasteiger partial charge is 0.161 e. The van der Waals surface area contributed by atoms with Gasteiger partial charge in [0.2, 0.25) is 0 Å². The first kappa shape index (κ1) is 14.7. The number of hydrogen-bond donors (Lipinski definition) is 1. The average molecular weight is 289 g/mol. The van der Waals surface area contributed by atoms with Crippen molar-refractivity contribution in [3.8, 4) is 11.5 Å². The topological polar surface area (TPSA) is 30.5 Å². The predicted octanol–water partition coefficient (Wildman–Crippen LogP) is 3.91. The fourth-order valence-corrected chi connectivity index (χ4v) is 3.41. The maximum atomic E-state index is 5.75. The van der Waals surface area contributed by atoms with E-state index < -0.39 is 0 Å². The minimum atomic E-state index is 0.490. The molecule has 1 aromatic carbocycles. The van der Waals surface area contributed by atoms with E-state index in [0.717, 1.165) is 44.2 Å². The lowest BCUT2D eigenvalue weighted by atomic mass is 9.76. The van der Waals surface area contributed by atoms with Crippen LogP contribution in [-0.4, -0.2) is 19.8 Å². The molecule has 0 unspecified atom stereocenters. The van der Waals surface area contributed by atoms with Crippen LogP contribution in [0.5, 0.6) is 11.5 Å². The molecule has 0 spiro atoms. The maximum absolute atomic E-state index is 5.75. The van der Waals surface area contributed by atoms with Gasteiger partial charge in [0.1, 0.15) is 0 Å². The van der Waals surface area contributed by atoms with Crippen LogP contribution in [-0.2, 0) is 6.54 Å². The Labute approximate surface area is 128 Å². The molecule has 3 rings (SSSR count). The molecule has 1 heterocycles. The monoisotopic (exact) mass is 289 g/mol. The van der Waals surface area contributed by atoms with Crippen molar-refractivity contribution in [2.75, 3.05) is 19.8 Å². The van der Waals surface area contributed by atoms with E-state index >= 15 is 0 Å². The number of nitrogens with one attached hydrogen (secondary N) is 1. The summed E-state index contributed by atoms with van der Waals surface area (Å²) >= 11 is 0. The molecule has 0 aromatic heterocycles. The van der Waals surface area contributed by atoms with Gasteiger partial charge in [-0.1, -0.05) is 32.3 Å². The van der Waals surface area contributed by atoms with Crippen molar-refractivity contribution in [3.63, 3.8) is 0 Å². The fourth-order valence-electron chi connectivity index (χ4n) is 3.41. The van der Waals surface area contributed by atoms with Crippen molar-refractivity contribution in [1.82, 2.24) is 5.32 Å². The second-order valence-electron chi connectivity index (χ2n) is 6.81. The molecule has 0 amide bonds. The van der Waals surface area contributed by atoms with Crippen LogP contribution in [0.2, 0.25) is 0 Å². The van der Waals surface area contributed by atoms with Crippen molar-refractivity contribution in [2.45, 2.75) is 52.0 Å². The Kier molecular flexibility index (Phi) is 4.69. The van der Waals surface area contributed by atoms with Gasteiger partial charge in [0.15, 0.2) is 11.5 Å².